The van der Waals surface area contributed by atoms with Gasteiger partial charge in [0.25, 0.3) is 10.0 Å². The first-order chi connectivity index (χ1) is 9.95. The Bertz CT molecular complexity index is 497. The molecule has 6 nitrogen and oxygen atoms in total. The van der Waals surface area contributed by atoms with E-state index < -0.39 is 10.0 Å². The second-order valence-electron chi connectivity index (χ2n) is 5.21. The highest BCUT2D eigenvalue weighted by molar-refractivity contribution is 7.89. The van der Waals surface area contributed by atoms with Gasteiger partial charge in [-0.1, -0.05) is 13.8 Å². The summed E-state index contributed by atoms with van der Waals surface area (Å²) in [5, 5.41) is 3.15. The van der Waals surface area contributed by atoms with E-state index in [1.165, 1.54) is 6.07 Å². The van der Waals surface area contributed by atoms with Crippen LogP contribution in [-0.4, -0.2) is 34.7 Å². The smallest absolute Gasteiger partial charge is 0.273 e. The zero-order valence-corrected chi connectivity index (χ0v) is 13.8. The van der Waals surface area contributed by atoms with E-state index in [4.69, 9.17) is 9.15 Å². The number of nitrogens with one attached hydrogen (secondary N) is 2. The Balaban J connectivity index is 2.40. The number of sulfonamides is 1. The van der Waals surface area contributed by atoms with Crippen molar-refractivity contribution in [2.75, 3.05) is 20.3 Å². The van der Waals surface area contributed by atoms with Gasteiger partial charge in [-0.25, -0.2) is 13.1 Å². The standard InChI is InChI=1S/C14H26N2O4S/c1-12(2)15-11-13-7-8-14(20-13)21(17,18)16-9-5-4-6-10-19-3/h7-8,12,15-16H,4-6,9-11H2,1-3H3. The van der Waals surface area contributed by atoms with Gasteiger partial charge in [-0.05, 0) is 31.4 Å². The molecule has 2 N–H and O–H groups in total. The Kier molecular flexibility index (Phi) is 7.95. The Hall–Kier alpha value is -0.890. The zero-order valence-electron chi connectivity index (χ0n) is 13.0. The first-order valence-corrected chi connectivity index (χ1v) is 8.74. The van der Waals surface area contributed by atoms with E-state index in [9.17, 15) is 8.42 Å². The van der Waals surface area contributed by atoms with Crippen molar-refractivity contribution in [3.8, 4) is 0 Å². The van der Waals surface area contributed by atoms with Crippen LogP contribution in [0.2, 0.25) is 0 Å². The lowest BCUT2D eigenvalue weighted by atomic mass is 10.2. The molecule has 0 spiro atoms. The molecule has 0 fully saturated rings. The van der Waals surface area contributed by atoms with Crippen LogP contribution in [0.5, 0.6) is 0 Å². The van der Waals surface area contributed by atoms with Crippen LogP contribution in [0.4, 0.5) is 0 Å². The molecule has 0 saturated carbocycles. The third kappa shape index (κ3) is 7.08. The second-order valence-corrected chi connectivity index (χ2v) is 6.91. The fourth-order valence-electron chi connectivity index (χ4n) is 1.73. The number of ether oxygens (including phenoxy) is 1. The van der Waals surface area contributed by atoms with Gasteiger partial charge in [0.2, 0.25) is 5.09 Å². The van der Waals surface area contributed by atoms with Crippen molar-refractivity contribution in [2.24, 2.45) is 0 Å². The topological polar surface area (TPSA) is 80.6 Å². The summed E-state index contributed by atoms with van der Waals surface area (Å²) in [4.78, 5) is 0. The highest BCUT2D eigenvalue weighted by Crippen LogP contribution is 2.14. The lowest BCUT2D eigenvalue weighted by Gasteiger charge is -2.06. The minimum atomic E-state index is -3.55. The van der Waals surface area contributed by atoms with Gasteiger partial charge in [-0.2, -0.15) is 0 Å². The molecular formula is C14H26N2O4S. The van der Waals surface area contributed by atoms with Gasteiger partial charge in [0.15, 0.2) is 0 Å². The normalized spacial score (nSPS) is 12.2. The summed E-state index contributed by atoms with van der Waals surface area (Å²) in [6.07, 6.45) is 2.65. The third-order valence-electron chi connectivity index (χ3n) is 2.90. The maximum absolute atomic E-state index is 12.0. The first kappa shape index (κ1) is 18.2. The van der Waals surface area contributed by atoms with E-state index in [0.29, 0.717) is 31.5 Å². The molecule has 1 aromatic rings. The SMILES string of the molecule is COCCCCCNS(=O)(=O)c1ccc(CNC(C)C)o1. The fourth-order valence-corrected chi connectivity index (χ4v) is 2.75. The second kappa shape index (κ2) is 9.19. The Labute approximate surface area is 127 Å². The van der Waals surface area contributed by atoms with Gasteiger partial charge < -0.3 is 14.5 Å². The number of unbranched alkanes of at least 4 members (excludes halogenated alkanes) is 2. The minimum Gasteiger partial charge on any atom is -0.447 e. The average molecular weight is 318 g/mol. The van der Waals surface area contributed by atoms with Crippen molar-refractivity contribution < 1.29 is 17.6 Å². The van der Waals surface area contributed by atoms with E-state index in [-0.39, 0.29) is 5.09 Å². The molecule has 0 aliphatic heterocycles. The predicted octanol–water partition coefficient (Wildman–Crippen LogP) is 1.87. The van der Waals surface area contributed by atoms with Crippen molar-refractivity contribution in [1.29, 1.82) is 0 Å². The van der Waals surface area contributed by atoms with Crippen LogP contribution in [0.3, 0.4) is 0 Å². The van der Waals surface area contributed by atoms with Crippen molar-refractivity contribution in [2.45, 2.75) is 50.8 Å². The predicted molar refractivity (Wildman–Crippen MR) is 81.6 cm³/mol. The highest BCUT2D eigenvalue weighted by atomic mass is 32.2. The fraction of sp³-hybridized carbons (Fsp3) is 0.714. The number of hydrogen-bond donors (Lipinski definition) is 2. The Morgan fingerprint density at radius 1 is 1.24 bits per heavy atom. The molecule has 1 rings (SSSR count). The molecule has 0 aliphatic rings. The molecule has 0 bridgehead atoms. The zero-order chi connectivity index (χ0) is 15.7. The van der Waals surface area contributed by atoms with E-state index >= 15 is 0 Å². The summed E-state index contributed by atoms with van der Waals surface area (Å²) in [6, 6.07) is 3.49. The van der Waals surface area contributed by atoms with Crippen LogP contribution in [0, 0.1) is 0 Å². The molecule has 0 radical (unpaired) electrons. The van der Waals surface area contributed by atoms with E-state index in [0.717, 1.165) is 19.3 Å². The van der Waals surface area contributed by atoms with Gasteiger partial charge in [-0.3, -0.25) is 0 Å². The Morgan fingerprint density at radius 3 is 2.67 bits per heavy atom. The van der Waals surface area contributed by atoms with Gasteiger partial charge in [0.05, 0.1) is 6.54 Å². The van der Waals surface area contributed by atoms with Crippen LogP contribution < -0.4 is 10.0 Å². The number of hydrogen-bond acceptors (Lipinski definition) is 5. The van der Waals surface area contributed by atoms with Crippen molar-refractivity contribution in [3.05, 3.63) is 17.9 Å². The quantitative estimate of drug-likeness (QED) is 0.609. The lowest BCUT2D eigenvalue weighted by Crippen LogP contribution is -2.24. The van der Waals surface area contributed by atoms with Crippen molar-refractivity contribution in [1.82, 2.24) is 10.0 Å². The number of rotatable bonds is 11. The van der Waals surface area contributed by atoms with Gasteiger partial charge in [0, 0.05) is 26.3 Å². The van der Waals surface area contributed by atoms with Gasteiger partial charge >= 0.3 is 0 Å². The molecule has 0 saturated heterocycles. The van der Waals surface area contributed by atoms with Crippen LogP contribution in [0.25, 0.3) is 0 Å². The molecule has 0 amide bonds. The lowest BCUT2D eigenvalue weighted by molar-refractivity contribution is 0.192. The summed E-state index contributed by atoms with van der Waals surface area (Å²) in [5.41, 5.74) is 0. The molecule has 7 heteroatoms. The van der Waals surface area contributed by atoms with Crippen LogP contribution in [0.1, 0.15) is 38.9 Å². The van der Waals surface area contributed by atoms with Crippen molar-refractivity contribution >= 4 is 10.0 Å². The molecule has 1 aromatic heterocycles. The van der Waals surface area contributed by atoms with Gasteiger partial charge in [0.1, 0.15) is 5.76 Å². The molecule has 0 aliphatic carbocycles. The molecule has 1 heterocycles. The average Bonchev–Trinajstić information content (AvgIpc) is 2.90. The highest BCUT2D eigenvalue weighted by Gasteiger charge is 2.18. The summed E-state index contributed by atoms with van der Waals surface area (Å²) >= 11 is 0. The van der Waals surface area contributed by atoms with Crippen LogP contribution in [-0.2, 0) is 21.3 Å². The Morgan fingerprint density at radius 2 is 2.00 bits per heavy atom. The molecule has 0 unspecified atom stereocenters. The molecular weight excluding hydrogens is 292 g/mol. The van der Waals surface area contributed by atoms with E-state index in [1.807, 2.05) is 13.8 Å². The van der Waals surface area contributed by atoms with E-state index in [2.05, 4.69) is 10.0 Å². The van der Waals surface area contributed by atoms with E-state index in [1.54, 1.807) is 13.2 Å². The minimum absolute atomic E-state index is 0.0278. The van der Waals surface area contributed by atoms with Crippen LogP contribution >= 0.6 is 0 Å². The number of methoxy groups -OCH3 is 1. The summed E-state index contributed by atoms with van der Waals surface area (Å²) in [7, 11) is -1.89. The summed E-state index contributed by atoms with van der Waals surface area (Å²) < 4.78 is 36.9. The molecule has 0 aromatic carbocycles. The largest absolute Gasteiger partial charge is 0.447 e. The maximum atomic E-state index is 12.0. The number of furan rings is 1. The van der Waals surface area contributed by atoms with Crippen LogP contribution in [0.15, 0.2) is 21.6 Å². The van der Waals surface area contributed by atoms with Gasteiger partial charge in [-0.15, -0.1) is 0 Å². The van der Waals surface area contributed by atoms with Crippen molar-refractivity contribution in [3.63, 3.8) is 0 Å². The molecule has 122 valence electrons. The summed E-state index contributed by atoms with van der Waals surface area (Å²) in [6.45, 7) is 5.67. The molecule has 0 atom stereocenters. The summed E-state index contributed by atoms with van der Waals surface area (Å²) in [5.74, 6) is 0.615. The third-order valence-corrected chi connectivity index (χ3v) is 4.24. The maximum Gasteiger partial charge on any atom is 0.273 e. The monoisotopic (exact) mass is 318 g/mol. The molecule has 21 heavy (non-hydrogen) atoms. The first-order valence-electron chi connectivity index (χ1n) is 7.26.